The van der Waals surface area contributed by atoms with Crippen LogP contribution in [-0.2, 0) is 28.6 Å². The summed E-state index contributed by atoms with van der Waals surface area (Å²) in [4.78, 5) is 38.2. The number of carbonyl (C=O) groups excluding carboxylic acids is 3. The summed E-state index contributed by atoms with van der Waals surface area (Å²) < 4.78 is 16.9. The van der Waals surface area contributed by atoms with Crippen LogP contribution in [0.15, 0.2) is 0 Å². The molecule has 0 saturated carbocycles. The summed E-state index contributed by atoms with van der Waals surface area (Å²) in [7, 11) is 0. The van der Waals surface area contributed by atoms with Crippen molar-refractivity contribution in [2.24, 2.45) is 5.92 Å². The number of unbranched alkanes of at least 4 members (excludes halogenated alkanes) is 43. The average molecular weight is 948 g/mol. The summed E-state index contributed by atoms with van der Waals surface area (Å²) >= 11 is 0. The lowest BCUT2D eigenvalue weighted by molar-refractivity contribution is -0.167. The second-order valence-corrected chi connectivity index (χ2v) is 21.5. The first-order chi connectivity index (χ1) is 32.9. The van der Waals surface area contributed by atoms with Gasteiger partial charge in [0, 0.05) is 19.3 Å². The highest BCUT2D eigenvalue weighted by molar-refractivity contribution is 5.71. The molecular weight excluding hydrogens is 829 g/mol. The fourth-order valence-corrected chi connectivity index (χ4v) is 9.46. The fraction of sp³-hybridized carbons (Fsp3) is 0.951. The van der Waals surface area contributed by atoms with Crippen molar-refractivity contribution >= 4 is 17.9 Å². The van der Waals surface area contributed by atoms with Gasteiger partial charge in [-0.25, -0.2) is 0 Å². The van der Waals surface area contributed by atoms with E-state index in [1.54, 1.807) is 0 Å². The number of rotatable bonds is 56. The maximum atomic E-state index is 12.9. The van der Waals surface area contributed by atoms with Gasteiger partial charge in [-0.2, -0.15) is 0 Å². The van der Waals surface area contributed by atoms with E-state index in [1.807, 2.05) is 0 Å². The maximum Gasteiger partial charge on any atom is 0.306 e. The van der Waals surface area contributed by atoms with Gasteiger partial charge < -0.3 is 14.2 Å². The van der Waals surface area contributed by atoms with Gasteiger partial charge in [0.25, 0.3) is 0 Å². The molecule has 6 heteroatoms. The molecule has 0 unspecified atom stereocenters. The average Bonchev–Trinajstić information content (AvgIpc) is 3.31. The van der Waals surface area contributed by atoms with Crippen LogP contribution in [0.2, 0.25) is 0 Å². The first kappa shape index (κ1) is 65.4. The molecule has 0 aliphatic carbocycles. The Hall–Kier alpha value is -1.59. The lowest BCUT2D eigenvalue weighted by atomic mass is 10.0. The summed E-state index contributed by atoms with van der Waals surface area (Å²) in [6, 6.07) is 0. The van der Waals surface area contributed by atoms with Crippen molar-refractivity contribution < 1.29 is 28.6 Å². The Bertz CT molecular complexity index is 1010. The van der Waals surface area contributed by atoms with E-state index < -0.39 is 6.10 Å². The standard InChI is InChI=1S/C61H118O6/c1-5-7-9-11-13-15-17-19-24-30-34-38-42-46-50-54-61(64)67-58(55-65-59(62)52-48-44-40-36-32-27-18-16-14-12-10-8-6-2)56-66-60(63)53-49-45-41-37-33-29-26-23-21-20-22-25-28-31-35-39-43-47-51-57(3)4/h57-58H,5-56H2,1-4H3/t58-/m1/s1. The minimum Gasteiger partial charge on any atom is -0.462 e. The molecule has 0 aliphatic heterocycles. The van der Waals surface area contributed by atoms with Crippen molar-refractivity contribution in [3.63, 3.8) is 0 Å². The van der Waals surface area contributed by atoms with Gasteiger partial charge in [-0.15, -0.1) is 0 Å². The van der Waals surface area contributed by atoms with E-state index in [1.165, 1.54) is 244 Å². The predicted molar refractivity (Wildman–Crippen MR) is 289 cm³/mol. The Balaban J connectivity index is 4.24. The quantitative estimate of drug-likeness (QED) is 0.0343. The number of carbonyl (C=O) groups is 3. The summed E-state index contributed by atoms with van der Waals surface area (Å²) in [5.41, 5.74) is 0. The Kier molecular flexibility index (Phi) is 54.0. The van der Waals surface area contributed by atoms with E-state index in [0.29, 0.717) is 19.3 Å². The van der Waals surface area contributed by atoms with Crippen LogP contribution in [0.1, 0.15) is 349 Å². The van der Waals surface area contributed by atoms with Gasteiger partial charge in [0.2, 0.25) is 0 Å². The molecule has 0 aromatic rings. The summed E-state index contributed by atoms with van der Waals surface area (Å²) in [5.74, 6) is 0.0278. The third-order valence-corrected chi connectivity index (χ3v) is 14.0. The minimum atomic E-state index is -0.762. The van der Waals surface area contributed by atoms with Crippen molar-refractivity contribution in [1.82, 2.24) is 0 Å². The van der Waals surface area contributed by atoms with Crippen molar-refractivity contribution in [3.8, 4) is 0 Å². The highest BCUT2D eigenvalue weighted by Crippen LogP contribution is 2.18. The molecule has 1 atom stereocenters. The number of hydrogen-bond donors (Lipinski definition) is 0. The van der Waals surface area contributed by atoms with Crippen molar-refractivity contribution in [1.29, 1.82) is 0 Å². The maximum absolute atomic E-state index is 12.9. The molecule has 67 heavy (non-hydrogen) atoms. The minimum absolute atomic E-state index is 0.0614. The van der Waals surface area contributed by atoms with E-state index >= 15 is 0 Å². The lowest BCUT2D eigenvalue weighted by Gasteiger charge is -2.18. The van der Waals surface area contributed by atoms with Gasteiger partial charge in [-0.1, -0.05) is 310 Å². The zero-order chi connectivity index (χ0) is 48.8. The molecule has 0 heterocycles. The molecule has 0 fully saturated rings. The second-order valence-electron chi connectivity index (χ2n) is 21.5. The van der Waals surface area contributed by atoms with Crippen molar-refractivity contribution in [2.75, 3.05) is 13.2 Å². The van der Waals surface area contributed by atoms with Gasteiger partial charge in [-0.05, 0) is 25.2 Å². The largest absolute Gasteiger partial charge is 0.462 e. The summed E-state index contributed by atoms with van der Waals surface area (Å²) in [5, 5.41) is 0. The van der Waals surface area contributed by atoms with Gasteiger partial charge in [-0.3, -0.25) is 14.4 Å². The number of ether oxygens (including phenoxy) is 3. The van der Waals surface area contributed by atoms with Crippen LogP contribution in [0, 0.1) is 5.92 Å². The van der Waals surface area contributed by atoms with Gasteiger partial charge in [0.05, 0.1) is 0 Å². The van der Waals surface area contributed by atoms with Crippen molar-refractivity contribution in [3.05, 3.63) is 0 Å². The molecule has 0 aromatic heterocycles. The van der Waals surface area contributed by atoms with Crippen molar-refractivity contribution in [2.45, 2.75) is 355 Å². The summed E-state index contributed by atoms with van der Waals surface area (Å²) in [6.45, 7) is 9.08. The van der Waals surface area contributed by atoms with Crippen LogP contribution in [0.25, 0.3) is 0 Å². The number of hydrogen-bond acceptors (Lipinski definition) is 6. The molecule has 0 aromatic carbocycles. The Morgan fingerprint density at radius 3 is 0.731 bits per heavy atom. The molecule has 0 bridgehead atoms. The molecule has 0 amide bonds. The molecule has 0 N–H and O–H groups in total. The van der Waals surface area contributed by atoms with E-state index in [2.05, 4.69) is 27.7 Å². The topological polar surface area (TPSA) is 78.9 Å². The molecule has 0 aliphatic rings. The Labute approximate surface area is 418 Å². The zero-order valence-electron chi connectivity index (χ0n) is 45.9. The van der Waals surface area contributed by atoms with Crippen LogP contribution in [0.4, 0.5) is 0 Å². The predicted octanol–water partition coefficient (Wildman–Crippen LogP) is 20.2. The monoisotopic (exact) mass is 947 g/mol. The molecule has 0 spiro atoms. The van der Waals surface area contributed by atoms with Crippen LogP contribution in [0.3, 0.4) is 0 Å². The Morgan fingerprint density at radius 1 is 0.284 bits per heavy atom. The Morgan fingerprint density at radius 2 is 0.493 bits per heavy atom. The van der Waals surface area contributed by atoms with Crippen LogP contribution >= 0.6 is 0 Å². The van der Waals surface area contributed by atoms with E-state index in [0.717, 1.165) is 63.7 Å². The normalized spacial score (nSPS) is 12.0. The highest BCUT2D eigenvalue weighted by atomic mass is 16.6. The molecular formula is C61H118O6. The van der Waals surface area contributed by atoms with Gasteiger partial charge in [0.15, 0.2) is 6.10 Å². The summed E-state index contributed by atoms with van der Waals surface area (Å²) in [6.07, 6.45) is 61.0. The van der Waals surface area contributed by atoms with Gasteiger partial charge in [0.1, 0.15) is 13.2 Å². The zero-order valence-corrected chi connectivity index (χ0v) is 45.9. The molecule has 6 nitrogen and oxygen atoms in total. The van der Waals surface area contributed by atoms with Crippen LogP contribution < -0.4 is 0 Å². The third-order valence-electron chi connectivity index (χ3n) is 14.0. The first-order valence-electron chi connectivity index (χ1n) is 30.4. The van der Waals surface area contributed by atoms with E-state index in [9.17, 15) is 14.4 Å². The highest BCUT2D eigenvalue weighted by Gasteiger charge is 2.19. The molecule has 398 valence electrons. The molecule has 0 radical (unpaired) electrons. The van der Waals surface area contributed by atoms with Crippen LogP contribution in [-0.4, -0.2) is 37.2 Å². The van der Waals surface area contributed by atoms with E-state index in [4.69, 9.17) is 14.2 Å². The SMILES string of the molecule is CCCCCCCCCCCCCCCCCC(=O)O[C@H](COC(=O)CCCCCCCCCCCCCCC)COC(=O)CCCCCCCCCCCCCCCCCCCCC(C)C. The fourth-order valence-electron chi connectivity index (χ4n) is 9.46. The third kappa shape index (κ3) is 55.2. The molecule has 0 rings (SSSR count). The molecule has 0 saturated heterocycles. The second kappa shape index (κ2) is 55.3. The lowest BCUT2D eigenvalue weighted by Crippen LogP contribution is -2.30. The first-order valence-corrected chi connectivity index (χ1v) is 30.4. The van der Waals surface area contributed by atoms with E-state index in [-0.39, 0.29) is 31.1 Å². The van der Waals surface area contributed by atoms with Crippen LogP contribution in [0.5, 0.6) is 0 Å². The smallest absolute Gasteiger partial charge is 0.306 e. The number of esters is 3. The van der Waals surface area contributed by atoms with Gasteiger partial charge >= 0.3 is 17.9 Å².